The number of halogens is 1. The maximum absolute atomic E-state index is 10.9. The third kappa shape index (κ3) is 4.23. The van der Waals surface area contributed by atoms with Gasteiger partial charge in [-0.15, -0.1) is 0 Å². The Labute approximate surface area is 114 Å². The fourth-order valence-corrected chi connectivity index (χ4v) is 1.70. The van der Waals surface area contributed by atoms with Gasteiger partial charge < -0.3 is 9.64 Å². The zero-order valence-corrected chi connectivity index (χ0v) is 12.2. The number of pyridine rings is 1. The highest BCUT2D eigenvalue weighted by Crippen LogP contribution is 2.27. The maximum Gasteiger partial charge on any atom is 0.312 e. The number of anilines is 1. The van der Waals surface area contributed by atoms with E-state index in [4.69, 9.17) is 4.74 Å². The molecule has 0 radical (unpaired) electrons. The summed E-state index contributed by atoms with van der Waals surface area (Å²) in [6.07, 6.45) is 1.69. The summed E-state index contributed by atoms with van der Waals surface area (Å²) >= 11 is 3.18. The van der Waals surface area contributed by atoms with Crippen molar-refractivity contribution in [2.45, 2.75) is 20.0 Å². The molecular weight excluding hydrogens is 302 g/mol. The molecule has 0 saturated carbocycles. The van der Waals surface area contributed by atoms with Crippen LogP contribution in [-0.4, -0.2) is 36.2 Å². The molecule has 0 spiro atoms. The van der Waals surface area contributed by atoms with Gasteiger partial charge in [-0.2, -0.15) is 0 Å². The molecule has 7 heteroatoms. The molecular formula is C11H16BrN3O3. The van der Waals surface area contributed by atoms with Crippen LogP contribution in [0.2, 0.25) is 0 Å². The molecule has 0 fully saturated rings. The molecule has 0 aliphatic heterocycles. The van der Waals surface area contributed by atoms with E-state index >= 15 is 0 Å². The summed E-state index contributed by atoms with van der Waals surface area (Å²) in [5, 5.41) is 10.9. The second-order valence-electron chi connectivity index (χ2n) is 4.09. The summed E-state index contributed by atoms with van der Waals surface area (Å²) in [6, 6.07) is 1.45. The Balaban J connectivity index is 2.78. The first-order valence-electron chi connectivity index (χ1n) is 5.54. The summed E-state index contributed by atoms with van der Waals surface area (Å²) in [5.41, 5.74) is -0.0172. The number of hydrogen-bond acceptors (Lipinski definition) is 5. The molecule has 6 nitrogen and oxygen atoms in total. The average molecular weight is 318 g/mol. The minimum atomic E-state index is -0.438. The van der Waals surface area contributed by atoms with Crippen LogP contribution in [0.4, 0.5) is 11.5 Å². The Kier molecular flexibility index (Phi) is 5.49. The van der Waals surface area contributed by atoms with Gasteiger partial charge in [-0.25, -0.2) is 4.98 Å². The van der Waals surface area contributed by atoms with Gasteiger partial charge >= 0.3 is 5.69 Å². The monoisotopic (exact) mass is 317 g/mol. The van der Waals surface area contributed by atoms with Crippen molar-refractivity contribution in [1.29, 1.82) is 0 Å². The van der Waals surface area contributed by atoms with E-state index in [1.54, 1.807) is 18.1 Å². The molecule has 18 heavy (non-hydrogen) atoms. The van der Waals surface area contributed by atoms with Crippen molar-refractivity contribution in [2.75, 3.05) is 25.1 Å². The van der Waals surface area contributed by atoms with E-state index in [1.165, 1.54) is 6.07 Å². The molecule has 0 aromatic carbocycles. The quantitative estimate of drug-likeness (QED) is 0.596. The van der Waals surface area contributed by atoms with E-state index in [2.05, 4.69) is 20.9 Å². The number of nitro groups is 1. The minimum absolute atomic E-state index is 0.0172. The first kappa shape index (κ1) is 14.8. The van der Waals surface area contributed by atoms with Crippen molar-refractivity contribution >= 4 is 27.4 Å². The van der Waals surface area contributed by atoms with Crippen LogP contribution in [0.1, 0.15) is 13.8 Å². The van der Waals surface area contributed by atoms with Crippen LogP contribution in [0, 0.1) is 10.1 Å². The summed E-state index contributed by atoms with van der Waals surface area (Å²) in [5.74, 6) is 0.343. The SMILES string of the molecule is CC(C)OCCN(C)c1ncc(Br)cc1[N+](=O)[O-]. The molecule has 1 heterocycles. The van der Waals surface area contributed by atoms with Gasteiger partial charge in [-0.1, -0.05) is 0 Å². The number of aromatic nitrogens is 1. The number of likely N-dealkylation sites (N-methyl/N-ethyl adjacent to an activating group) is 1. The van der Waals surface area contributed by atoms with Gasteiger partial charge in [0.15, 0.2) is 0 Å². The molecule has 0 amide bonds. The van der Waals surface area contributed by atoms with Crippen molar-refractivity contribution in [1.82, 2.24) is 4.98 Å². The molecule has 0 bridgehead atoms. The van der Waals surface area contributed by atoms with Crippen LogP contribution in [0.25, 0.3) is 0 Å². The Morgan fingerprint density at radius 2 is 2.28 bits per heavy atom. The van der Waals surface area contributed by atoms with Gasteiger partial charge in [-0.05, 0) is 29.8 Å². The van der Waals surface area contributed by atoms with E-state index in [0.717, 1.165) is 0 Å². The Morgan fingerprint density at radius 3 is 2.83 bits per heavy atom. The van der Waals surface area contributed by atoms with Crippen LogP contribution in [-0.2, 0) is 4.74 Å². The fraction of sp³-hybridized carbons (Fsp3) is 0.545. The zero-order chi connectivity index (χ0) is 13.7. The molecule has 1 rings (SSSR count). The first-order chi connectivity index (χ1) is 8.41. The largest absolute Gasteiger partial charge is 0.377 e. The van der Waals surface area contributed by atoms with Crippen molar-refractivity contribution < 1.29 is 9.66 Å². The van der Waals surface area contributed by atoms with Gasteiger partial charge in [0, 0.05) is 30.3 Å². The molecule has 0 saturated heterocycles. The van der Waals surface area contributed by atoms with E-state index in [0.29, 0.717) is 23.4 Å². The molecule has 0 unspecified atom stereocenters. The second kappa shape index (κ2) is 6.65. The normalized spacial score (nSPS) is 10.7. The highest BCUT2D eigenvalue weighted by molar-refractivity contribution is 9.10. The molecule has 1 aromatic heterocycles. The van der Waals surface area contributed by atoms with Gasteiger partial charge in [-0.3, -0.25) is 10.1 Å². The highest BCUT2D eigenvalue weighted by Gasteiger charge is 2.19. The third-order valence-electron chi connectivity index (χ3n) is 2.25. The van der Waals surface area contributed by atoms with Crippen LogP contribution in [0.3, 0.4) is 0 Å². The van der Waals surface area contributed by atoms with Crippen molar-refractivity contribution in [3.8, 4) is 0 Å². The Hall–Kier alpha value is -1.21. The lowest BCUT2D eigenvalue weighted by Crippen LogP contribution is -2.25. The number of hydrogen-bond donors (Lipinski definition) is 0. The van der Waals surface area contributed by atoms with Crippen LogP contribution < -0.4 is 4.90 Å². The molecule has 0 aliphatic rings. The van der Waals surface area contributed by atoms with Crippen molar-refractivity contribution in [3.63, 3.8) is 0 Å². The predicted octanol–water partition coefficient (Wildman–Crippen LogP) is 2.61. The number of rotatable bonds is 6. The van der Waals surface area contributed by atoms with Crippen LogP contribution in [0.5, 0.6) is 0 Å². The average Bonchev–Trinajstić information content (AvgIpc) is 2.28. The second-order valence-corrected chi connectivity index (χ2v) is 5.01. The zero-order valence-electron chi connectivity index (χ0n) is 10.6. The minimum Gasteiger partial charge on any atom is -0.377 e. The number of ether oxygens (including phenoxy) is 1. The summed E-state index contributed by atoms with van der Waals surface area (Å²) in [7, 11) is 1.76. The van der Waals surface area contributed by atoms with Gasteiger partial charge in [0.25, 0.3) is 0 Å². The van der Waals surface area contributed by atoms with E-state index < -0.39 is 4.92 Å². The molecule has 0 N–H and O–H groups in total. The van der Waals surface area contributed by atoms with Crippen LogP contribution in [0.15, 0.2) is 16.7 Å². The fourth-order valence-electron chi connectivity index (χ4n) is 1.38. The Morgan fingerprint density at radius 1 is 1.61 bits per heavy atom. The van der Waals surface area contributed by atoms with E-state index in [9.17, 15) is 10.1 Å². The molecule has 0 aliphatic carbocycles. The van der Waals surface area contributed by atoms with Crippen molar-refractivity contribution in [2.24, 2.45) is 0 Å². The topological polar surface area (TPSA) is 68.5 Å². The maximum atomic E-state index is 10.9. The number of nitrogens with zero attached hydrogens (tertiary/aromatic N) is 3. The third-order valence-corrected chi connectivity index (χ3v) is 2.68. The van der Waals surface area contributed by atoms with Crippen LogP contribution >= 0.6 is 15.9 Å². The van der Waals surface area contributed by atoms with Gasteiger partial charge in [0.1, 0.15) is 0 Å². The van der Waals surface area contributed by atoms with E-state index in [1.807, 2.05) is 13.8 Å². The lowest BCUT2D eigenvalue weighted by atomic mass is 10.3. The highest BCUT2D eigenvalue weighted by atomic mass is 79.9. The molecule has 0 atom stereocenters. The van der Waals surface area contributed by atoms with Crippen molar-refractivity contribution in [3.05, 3.63) is 26.9 Å². The molecule has 1 aromatic rings. The summed E-state index contributed by atoms with van der Waals surface area (Å²) in [6.45, 7) is 4.94. The molecule has 100 valence electrons. The summed E-state index contributed by atoms with van der Waals surface area (Å²) in [4.78, 5) is 16.3. The lowest BCUT2D eigenvalue weighted by molar-refractivity contribution is -0.384. The Bertz CT molecular complexity index is 426. The van der Waals surface area contributed by atoms with Gasteiger partial charge in [0.2, 0.25) is 5.82 Å². The van der Waals surface area contributed by atoms with E-state index in [-0.39, 0.29) is 11.8 Å². The standard InChI is InChI=1S/C11H16BrN3O3/c1-8(2)18-5-4-14(3)11-10(15(16)17)6-9(12)7-13-11/h6-8H,4-5H2,1-3H3. The first-order valence-corrected chi connectivity index (χ1v) is 6.33. The predicted molar refractivity (Wildman–Crippen MR) is 72.9 cm³/mol. The summed E-state index contributed by atoms with van der Waals surface area (Å²) < 4.78 is 6.00. The smallest absolute Gasteiger partial charge is 0.312 e. The lowest BCUT2D eigenvalue weighted by Gasteiger charge is -2.18. The van der Waals surface area contributed by atoms with Gasteiger partial charge in [0.05, 0.1) is 17.6 Å².